The van der Waals surface area contributed by atoms with E-state index in [0.29, 0.717) is 0 Å². The number of hydrogen-bond donors (Lipinski definition) is 2. The molecule has 1 aromatic heterocycles. The minimum atomic E-state index is -0.437. The Kier molecular flexibility index (Phi) is 4.17. The fourth-order valence-electron chi connectivity index (χ4n) is 2.02. The zero-order valence-corrected chi connectivity index (χ0v) is 12.5. The average Bonchev–Trinajstić information content (AvgIpc) is 2.74. The summed E-state index contributed by atoms with van der Waals surface area (Å²) in [6, 6.07) is 7.89. The Morgan fingerprint density at radius 3 is 2.74 bits per heavy atom. The third-order valence-electron chi connectivity index (χ3n) is 2.98. The quantitative estimate of drug-likeness (QED) is 0.849. The van der Waals surface area contributed by atoms with Crippen LogP contribution in [-0.4, -0.2) is 10.9 Å². The number of hydrogen-bond acceptors (Lipinski definition) is 3. The number of thiophene rings is 1. The number of anilines is 1. The van der Waals surface area contributed by atoms with Gasteiger partial charge < -0.3 is 11.1 Å². The lowest BCUT2D eigenvalue weighted by molar-refractivity contribution is -0.118. The lowest BCUT2D eigenvalue weighted by Crippen LogP contribution is -2.36. The first-order valence-electron chi connectivity index (χ1n) is 6.06. The van der Waals surface area contributed by atoms with Gasteiger partial charge in [-0.25, -0.2) is 0 Å². The summed E-state index contributed by atoms with van der Waals surface area (Å²) in [4.78, 5) is 12.4. The van der Waals surface area contributed by atoms with Gasteiger partial charge in [-0.2, -0.15) is 0 Å². The van der Waals surface area contributed by atoms with Crippen LogP contribution in [-0.2, 0) is 4.79 Å². The van der Waals surface area contributed by atoms with Crippen molar-refractivity contribution in [2.75, 3.05) is 5.32 Å². The topological polar surface area (TPSA) is 55.1 Å². The molecule has 2 aromatic rings. The van der Waals surface area contributed by atoms with Crippen molar-refractivity contribution in [2.45, 2.75) is 13.8 Å². The third kappa shape index (κ3) is 3.11. The summed E-state index contributed by atoms with van der Waals surface area (Å²) in [5, 5.41) is 6.04. The molecule has 2 rings (SSSR count). The van der Waals surface area contributed by atoms with Gasteiger partial charge in [-0.05, 0) is 40.9 Å². The Hall–Kier alpha value is -1.46. The van der Waals surface area contributed by atoms with Crippen LogP contribution in [0, 0.1) is 11.8 Å². The number of amides is 1. The first-order valence-corrected chi connectivity index (χ1v) is 7.35. The third-order valence-corrected chi connectivity index (χ3v) is 4.13. The summed E-state index contributed by atoms with van der Waals surface area (Å²) >= 11 is 6.65. The molecule has 1 unspecified atom stereocenters. The molecular weight excluding hydrogens is 276 g/mol. The predicted octanol–water partition coefficient (Wildman–Crippen LogP) is 3.40. The van der Waals surface area contributed by atoms with E-state index in [4.69, 9.17) is 18.0 Å². The van der Waals surface area contributed by atoms with E-state index in [1.165, 1.54) is 4.70 Å². The van der Waals surface area contributed by atoms with Crippen molar-refractivity contribution in [1.29, 1.82) is 0 Å². The summed E-state index contributed by atoms with van der Waals surface area (Å²) in [6.07, 6.45) is 0. The first kappa shape index (κ1) is 14.0. The van der Waals surface area contributed by atoms with Gasteiger partial charge in [0.25, 0.3) is 0 Å². The minimum absolute atomic E-state index is 0.0855. The highest BCUT2D eigenvalue weighted by molar-refractivity contribution is 7.80. The molecule has 3 N–H and O–H groups in total. The Morgan fingerprint density at radius 2 is 2.11 bits per heavy atom. The fourth-order valence-corrected chi connectivity index (χ4v) is 3.18. The van der Waals surface area contributed by atoms with Crippen LogP contribution < -0.4 is 11.1 Å². The molecule has 3 nitrogen and oxygen atoms in total. The average molecular weight is 292 g/mol. The van der Waals surface area contributed by atoms with Crippen molar-refractivity contribution in [1.82, 2.24) is 0 Å². The molecule has 1 heterocycles. The van der Waals surface area contributed by atoms with Crippen molar-refractivity contribution < 1.29 is 4.79 Å². The van der Waals surface area contributed by atoms with Gasteiger partial charge in [0.05, 0.1) is 10.9 Å². The molecule has 5 heteroatoms. The van der Waals surface area contributed by atoms with E-state index in [1.54, 1.807) is 11.3 Å². The summed E-state index contributed by atoms with van der Waals surface area (Å²) in [5.41, 5.74) is 6.41. The highest BCUT2D eigenvalue weighted by Gasteiger charge is 2.24. The van der Waals surface area contributed by atoms with Crippen molar-refractivity contribution in [3.05, 3.63) is 29.6 Å². The lowest BCUT2D eigenvalue weighted by atomic mass is 9.95. The van der Waals surface area contributed by atoms with Crippen LogP contribution in [0.5, 0.6) is 0 Å². The largest absolute Gasteiger partial charge is 0.393 e. The number of fused-ring (bicyclic) bond motifs is 1. The number of nitrogens with one attached hydrogen (secondary N) is 1. The number of carbonyl (C=O) groups is 1. The summed E-state index contributed by atoms with van der Waals surface area (Å²) in [7, 11) is 0. The SMILES string of the molecule is CC(C)C(C(=O)Nc1ccc2sccc2c1)C(N)=S. The van der Waals surface area contributed by atoms with Gasteiger partial charge in [-0.3, -0.25) is 4.79 Å². The monoisotopic (exact) mass is 292 g/mol. The molecule has 1 atom stereocenters. The maximum Gasteiger partial charge on any atom is 0.234 e. The smallest absolute Gasteiger partial charge is 0.234 e. The van der Waals surface area contributed by atoms with Crippen LogP contribution in [0.2, 0.25) is 0 Å². The Labute approximate surface area is 121 Å². The van der Waals surface area contributed by atoms with Gasteiger partial charge in [-0.1, -0.05) is 26.1 Å². The van der Waals surface area contributed by atoms with Crippen molar-refractivity contribution in [3.63, 3.8) is 0 Å². The van der Waals surface area contributed by atoms with Gasteiger partial charge in [0, 0.05) is 10.4 Å². The second-order valence-corrected chi connectivity index (χ2v) is 6.21. The van der Waals surface area contributed by atoms with E-state index in [1.807, 2.05) is 43.5 Å². The Morgan fingerprint density at radius 1 is 1.37 bits per heavy atom. The van der Waals surface area contributed by atoms with E-state index < -0.39 is 5.92 Å². The molecule has 0 fully saturated rings. The van der Waals surface area contributed by atoms with E-state index >= 15 is 0 Å². The highest BCUT2D eigenvalue weighted by atomic mass is 32.1. The van der Waals surface area contributed by atoms with Crippen molar-refractivity contribution >= 4 is 50.2 Å². The van der Waals surface area contributed by atoms with Gasteiger partial charge in [0.2, 0.25) is 5.91 Å². The molecule has 0 saturated carbocycles. The summed E-state index contributed by atoms with van der Waals surface area (Å²) < 4.78 is 1.20. The molecule has 19 heavy (non-hydrogen) atoms. The number of carbonyl (C=O) groups excluding carboxylic acids is 1. The van der Waals surface area contributed by atoms with Crippen molar-refractivity contribution in [3.8, 4) is 0 Å². The maximum absolute atomic E-state index is 12.2. The summed E-state index contributed by atoms with van der Waals surface area (Å²) in [6.45, 7) is 3.87. The number of benzene rings is 1. The van der Waals surface area contributed by atoms with Gasteiger partial charge >= 0.3 is 0 Å². The molecule has 0 radical (unpaired) electrons. The number of nitrogens with two attached hydrogens (primary N) is 1. The lowest BCUT2D eigenvalue weighted by Gasteiger charge is -2.18. The second kappa shape index (κ2) is 5.67. The Bertz CT molecular complexity index is 619. The van der Waals surface area contributed by atoms with Crippen LogP contribution in [0.1, 0.15) is 13.8 Å². The van der Waals surface area contributed by atoms with Crippen LogP contribution in [0.4, 0.5) is 5.69 Å². The number of thiocarbonyl (C=S) groups is 1. The van der Waals surface area contributed by atoms with Crippen LogP contribution >= 0.6 is 23.6 Å². The standard InChI is InChI=1S/C14H16N2OS2/c1-8(2)12(13(15)18)14(17)16-10-3-4-11-9(7-10)5-6-19-11/h3-8,12H,1-2H3,(H2,15,18)(H,16,17). The fraction of sp³-hybridized carbons (Fsp3) is 0.286. The molecule has 100 valence electrons. The molecule has 0 spiro atoms. The first-order chi connectivity index (χ1) is 8.99. The van der Waals surface area contributed by atoms with Gasteiger partial charge in [-0.15, -0.1) is 11.3 Å². The van der Waals surface area contributed by atoms with E-state index in [2.05, 4.69) is 5.32 Å². The van der Waals surface area contributed by atoms with Crippen LogP contribution in [0.15, 0.2) is 29.6 Å². The molecule has 0 aliphatic heterocycles. The maximum atomic E-state index is 12.2. The zero-order valence-electron chi connectivity index (χ0n) is 10.8. The predicted molar refractivity (Wildman–Crippen MR) is 85.6 cm³/mol. The Balaban J connectivity index is 2.19. The van der Waals surface area contributed by atoms with E-state index in [-0.39, 0.29) is 16.8 Å². The molecule has 1 amide bonds. The van der Waals surface area contributed by atoms with Crippen LogP contribution in [0.25, 0.3) is 10.1 Å². The number of rotatable bonds is 4. The summed E-state index contributed by atoms with van der Waals surface area (Å²) in [5.74, 6) is -0.493. The van der Waals surface area contributed by atoms with Gasteiger partial charge in [0.15, 0.2) is 0 Å². The van der Waals surface area contributed by atoms with Crippen LogP contribution in [0.3, 0.4) is 0 Å². The molecule has 0 aliphatic rings. The highest BCUT2D eigenvalue weighted by Crippen LogP contribution is 2.24. The molecule has 0 saturated heterocycles. The normalized spacial score (nSPS) is 12.6. The molecule has 0 aliphatic carbocycles. The van der Waals surface area contributed by atoms with E-state index in [0.717, 1.165) is 11.1 Å². The van der Waals surface area contributed by atoms with Gasteiger partial charge in [0.1, 0.15) is 0 Å². The zero-order chi connectivity index (χ0) is 14.0. The molecular formula is C14H16N2OS2. The van der Waals surface area contributed by atoms with Crippen molar-refractivity contribution in [2.24, 2.45) is 17.6 Å². The van der Waals surface area contributed by atoms with E-state index in [9.17, 15) is 4.79 Å². The minimum Gasteiger partial charge on any atom is -0.393 e. The second-order valence-electron chi connectivity index (χ2n) is 4.79. The molecule has 1 aromatic carbocycles. The molecule has 0 bridgehead atoms.